The molecule has 22 heavy (non-hydrogen) atoms. The van der Waals surface area contributed by atoms with Crippen LogP contribution in [0.2, 0.25) is 0 Å². The lowest BCUT2D eigenvalue weighted by atomic mass is 9.88. The molecule has 4 nitrogen and oxygen atoms in total. The van der Waals surface area contributed by atoms with Crippen LogP contribution in [0.25, 0.3) is 0 Å². The molecule has 0 aromatic rings. The molecule has 0 aromatic carbocycles. The van der Waals surface area contributed by atoms with Gasteiger partial charge in [-0.2, -0.15) is 0 Å². The van der Waals surface area contributed by atoms with Gasteiger partial charge >= 0.3 is 0 Å². The highest BCUT2D eigenvalue weighted by Crippen LogP contribution is 2.36. The Morgan fingerprint density at radius 2 is 1.73 bits per heavy atom. The average Bonchev–Trinajstić information content (AvgIpc) is 2.48. The maximum absolute atomic E-state index is 6.37. The molecule has 2 saturated heterocycles. The van der Waals surface area contributed by atoms with E-state index in [4.69, 9.17) is 18.5 Å². The highest BCUT2D eigenvalue weighted by Gasteiger charge is 2.39. The topological polar surface area (TPSA) is 36.9 Å². The lowest BCUT2D eigenvalue weighted by Crippen LogP contribution is -2.47. The number of hydrogen-bond acceptors (Lipinski definition) is 4. The molecule has 1 spiro atoms. The molecule has 2 aliphatic rings. The van der Waals surface area contributed by atoms with Gasteiger partial charge in [0.25, 0.3) is 0 Å². The Balaban J connectivity index is 2.04. The smallest absolute Gasteiger partial charge is 0.155 e. The Hall–Kier alpha value is 0.270. The summed E-state index contributed by atoms with van der Waals surface area (Å²) in [5.41, 5.74) is -0.120. The Morgan fingerprint density at radius 1 is 1.05 bits per heavy atom. The molecule has 3 unspecified atom stereocenters. The minimum atomic E-state index is -0.120. The molecule has 3 atom stereocenters. The third kappa shape index (κ3) is 5.42. The van der Waals surface area contributed by atoms with Gasteiger partial charge in [0.2, 0.25) is 0 Å². The van der Waals surface area contributed by atoms with E-state index in [9.17, 15) is 0 Å². The Bertz CT molecular complexity index is 318. The number of ether oxygens (including phenoxy) is 2. The summed E-state index contributed by atoms with van der Waals surface area (Å²) < 4.78 is 23.8. The number of rotatable bonds is 5. The fourth-order valence-corrected chi connectivity index (χ4v) is 4.17. The van der Waals surface area contributed by atoms with Crippen LogP contribution in [0, 0.1) is 17.3 Å². The van der Waals surface area contributed by atoms with Crippen molar-refractivity contribution in [2.45, 2.75) is 65.6 Å². The number of hydrogen-bond donors (Lipinski definition) is 0. The molecule has 0 radical (unpaired) electrons. The van der Waals surface area contributed by atoms with Crippen molar-refractivity contribution in [3.63, 3.8) is 0 Å². The first-order chi connectivity index (χ1) is 10.5. The van der Waals surface area contributed by atoms with Gasteiger partial charge in [0.15, 0.2) is 9.03 Å². The summed E-state index contributed by atoms with van der Waals surface area (Å²) >= 11 is 0. The summed E-state index contributed by atoms with van der Waals surface area (Å²) in [4.78, 5) is 0. The quantitative estimate of drug-likeness (QED) is 0.708. The van der Waals surface area contributed by atoms with Crippen molar-refractivity contribution < 1.29 is 18.5 Å². The second-order valence-electron chi connectivity index (χ2n) is 7.57. The first-order valence-corrected chi connectivity index (χ1v) is 9.58. The Labute approximate surface area is 137 Å². The predicted molar refractivity (Wildman–Crippen MR) is 90.3 cm³/mol. The van der Waals surface area contributed by atoms with E-state index < -0.39 is 0 Å². The third-order valence-electron chi connectivity index (χ3n) is 4.71. The zero-order valence-corrected chi connectivity index (χ0v) is 15.6. The molecule has 0 bridgehead atoms. The zero-order valence-electron chi connectivity index (χ0n) is 14.6. The molecule has 0 N–H and O–H groups in total. The van der Waals surface area contributed by atoms with Crippen LogP contribution in [0.1, 0.15) is 53.4 Å². The van der Waals surface area contributed by atoms with Crippen LogP contribution in [-0.2, 0) is 18.5 Å². The van der Waals surface area contributed by atoms with Crippen molar-refractivity contribution in [3.05, 3.63) is 0 Å². The van der Waals surface area contributed by atoms with Crippen LogP contribution < -0.4 is 0 Å². The zero-order chi connectivity index (χ0) is 16.0. The van der Waals surface area contributed by atoms with Crippen molar-refractivity contribution in [2.75, 3.05) is 26.4 Å². The van der Waals surface area contributed by atoms with Crippen molar-refractivity contribution in [1.82, 2.24) is 0 Å². The molecule has 2 fully saturated rings. The summed E-state index contributed by atoms with van der Waals surface area (Å²) in [6.07, 6.45) is 5.09. The molecule has 0 aromatic heterocycles. The lowest BCUT2D eigenvalue weighted by molar-refractivity contribution is -0.157. The van der Waals surface area contributed by atoms with E-state index in [0.29, 0.717) is 38.3 Å². The SMILES string of the molecule is CCCC(C)C1CC(CC(C)C)OCC2(COPOC2)CO1. The van der Waals surface area contributed by atoms with Crippen molar-refractivity contribution >= 4 is 9.03 Å². The summed E-state index contributed by atoms with van der Waals surface area (Å²) in [6, 6.07) is 0. The first kappa shape index (κ1) is 18.6. The van der Waals surface area contributed by atoms with Gasteiger partial charge in [-0.25, -0.2) is 0 Å². The van der Waals surface area contributed by atoms with E-state index in [1.165, 1.54) is 12.8 Å². The summed E-state index contributed by atoms with van der Waals surface area (Å²) in [7, 11) is 0.164. The van der Waals surface area contributed by atoms with Crippen LogP contribution in [0.15, 0.2) is 0 Å². The molecule has 5 heteroatoms. The van der Waals surface area contributed by atoms with Gasteiger partial charge in [-0.15, -0.1) is 0 Å². The van der Waals surface area contributed by atoms with E-state index in [1.54, 1.807) is 0 Å². The van der Waals surface area contributed by atoms with Gasteiger partial charge in [-0.05, 0) is 24.7 Å². The van der Waals surface area contributed by atoms with E-state index in [1.807, 2.05) is 0 Å². The highest BCUT2D eigenvalue weighted by atomic mass is 31.1. The van der Waals surface area contributed by atoms with Crippen molar-refractivity contribution in [1.29, 1.82) is 0 Å². The maximum atomic E-state index is 6.37. The molecule has 2 rings (SSSR count). The summed E-state index contributed by atoms with van der Waals surface area (Å²) in [5.74, 6) is 1.22. The Morgan fingerprint density at radius 3 is 2.36 bits per heavy atom. The van der Waals surface area contributed by atoms with E-state index in [-0.39, 0.29) is 26.7 Å². The summed E-state index contributed by atoms with van der Waals surface area (Å²) in [6.45, 7) is 11.8. The molecule has 0 saturated carbocycles. The standard InChI is InChI=1S/C17H33O4P/c1-5-6-14(4)16-8-15(7-13(2)3)18-9-17(10-19-16)11-20-22-21-12-17/h13-16,22H,5-12H2,1-4H3. The normalized spacial score (nSPS) is 36.4. The van der Waals surface area contributed by atoms with Crippen molar-refractivity contribution in [2.24, 2.45) is 17.3 Å². The molecule has 2 aliphatic heterocycles. The fraction of sp³-hybridized carbons (Fsp3) is 1.00. The van der Waals surface area contributed by atoms with Crippen molar-refractivity contribution in [3.8, 4) is 0 Å². The Kier molecular flexibility index (Phi) is 7.56. The average molecular weight is 332 g/mol. The minimum absolute atomic E-state index is 0.120. The first-order valence-electron chi connectivity index (χ1n) is 8.76. The molecule has 0 amide bonds. The van der Waals surface area contributed by atoms with Crippen LogP contribution >= 0.6 is 9.03 Å². The van der Waals surface area contributed by atoms with Crippen LogP contribution in [0.4, 0.5) is 0 Å². The second kappa shape index (κ2) is 8.94. The molecular formula is C17H33O4P. The fourth-order valence-electron chi connectivity index (χ4n) is 3.36. The van der Waals surface area contributed by atoms with E-state index in [2.05, 4.69) is 27.7 Å². The van der Waals surface area contributed by atoms with Gasteiger partial charge in [0.1, 0.15) is 0 Å². The van der Waals surface area contributed by atoms with Crippen LogP contribution in [0.5, 0.6) is 0 Å². The van der Waals surface area contributed by atoms with Crippen LogP contribution in [0.3, 0.4) is 0 Å². The second-order valence-corrected chi connectivity index (χ2v) is 8.32. The third-order valence-corrected chi connectivity index (χ3v) is 5.24. The minimum Gasteiger partial charge on any atom is -0.377 e. The predicted octanol–water partition coefficient (Wildman–Crippen LogP) is 4.18. The van der Waals surface area contributed by atoms with Gasteiger partial charge < -0.3 is 18.5 Å². The monoisotopic (exact) mass is 332 g/mol. The van der Waals surface area contributed by atoms with Gasteiger partial charge in [-0.1, -0.05) is 34.1 Å². The molecule has 130 valence electrons. The van der Waals surface area contributed by atoms with Gasteiger partial charge in [-0.3, -0.25) is 0 Å². The van der Waals surface area contributed by atoms with E-state index >= 15 is 0 Å². The van der Waals surface area contributed by atoms with Gasteiger partial charge in [0.05, 0.1) is 44.1 Å². The van der Waals surface area contributed by atoms with Crippen LogP contribution in [-0.4, -0.2) is 38.6 Å². The van der Waals surface area contributed by atoms with E-state index in [0.717, 1.165) is 12.8 Å². The molecule has 2 heterocycles. The largest absolute Gasteiger partial charge is 0.377 e. The van der Waals surface area contributed by atoms with Gasteiger partial charge in [0, 0.05) is 6.42 Å². The summed E-state index contributed by atoms with van der Waals surface area (Å²) in [5, 5.41) is 0. The highest BCUT2D eigenvalue weighted by molar-refractivity contribution is 7.26. The lowest BCUT2D eigenvalue weighted by Gasteiger charge is -2.41. The molecule has 0 aliphatic carbocycles. The maximum Gasteiger partial charge on any atom is 0.155 e. The molecular weight excluding hydrogens is 299 g/mol.